The minimum Gasteiger partial charge on any atom is -0.395 e. The first-order valence-electron chi connectivity index (χ1n) is 8.49. The summed E-state index contributed by atoms with van der Waals surface area (Å²) in [5, 5.41) is 7.71. The van der Waals surface area contributed by atoms with E-state index in [4.69, 9.17) is 11.1 Å². The lowest BCUT2D eigenvalue weighted by Gasteiger charge is -2.06. The molecule has 2 heterocycles. The molecule has 7 heteroatoms. The van der Waals surface area contributed by atoms with Gasteiger partial charge in [-0.1, -0.05) is 26.2 Å². The van der Waals surface area contributed by atoms with Crippen LogP contribution in [0, 0.1) is 5.41 Å². The van der Waals surface area contributed by atoms with Crippen molar-refractivity contribution in [2.45, 2.75) is 45.2 Å². The summed E-state index contributed by atoms with van der Waals surface area (Å²) >= 11 is 1.70. The molecule has 0 spiro atoms. The number of nitrogens with two attached hydrogens (primary N) is 1. The highest BCUT2D eigenvalue weighted by Crippen LogP contribution is 2.29. The number of hydrogen-bond donors (Lipinski definition) is 2. The van der Waals surface area contributed by atoms with Crippen LogP contribution in [-0.4, -0.2) is 16.9 Å². The second kappa shape index (κ2) is 8.98. The first kappa shape index (κ1) is 20.2. The van der Waals surface area contributed by atoms with Crippen molar-refractivity contribution >= 4 is 17.0 Å². The van der Waals surface area contributed by atoms with Crippen LogP contribution in [0.15, 0.2) is 42.2 Å². The lowest BCUT2D eigenvalue weighted by Crippen LogP contribution is -2.20. The molecule has 0 bridgehead atoms. The van der Waals surface area contributed by atoms with Gasteiger partial charge < -0.3 is 5.73 Å². The van der Waals surface area contributed by atoms with Crippen molar-refractivity contribution in [3.05, 3.63) is 52.8 Å². The highest BCUT2D eigenvalue weighted by atomic mass is 32.1. The van der Waals surface area contributed by atoms with Crippen LogP contribution in [0.4, 0.5) is 13.2 Å². The Labute approximate surface area is 155 Å². The Morgan fingerprint density at radius 3 is 2.58 bits per heavy atom. The van der Waals surface area contributed by atoms with E-state index in [0.29, 0.717) is 6.08 Å². The number of unbranched alkanes of at least 4 members (excludes halogenated alkanes) is 3. The van der Waals surface area contributed by atoms with Gasteiger partial charge in [-0.05, 0) is 43.2 Å². The van der Waals surface area contributed by atoms with E-state index < -0.39 is 11.9 Å². The van der Waals surface area contributed by atoms with Gasteiger partial charge in [-0.25, -0.2) is 0 Å². The maximum Gasteiger partial charge on any atom is 0.430 e. The molecule has 0 fully saturated rings. The zero-order chi connectivity index (χ0) is 19.2. The predicted octanol–water partition coefficient (Wildman–Crippen LogP) is 5.71. The highest BCUT2D eigenvalue weighted by Gasteiger charge is 2.31. The number of thiophene rings is 1. The number of allylic oxidation sites excluding steroid dienone is 2. The van der Waals surface area contributed by atoms with E-state index in [1.807, 2.05) is 6.07 Å². The highest BCUT2D eigenvalue weighted by molar-refractivity contribution is 7.15. The summed E-state index contributed by atoms with van der Waals surface area (Å²) in [7, 11) is 0. The lowest BCUT2D eigenvalue weighted by atomic mass is 10.1. The summed E-state index contributed by atoms with van der Waals surface area (Å²) in [6, 6.07) is 7.44. The third-order valence-electron chi connectivity index (χ3n) is 3.89. The summed E-state index contributed by atoms with van der Waals surface area (Å²) in [5.74, 6) is 0. The van der Waals surface area contributed by atoms with E-state index in [-0.39, 0.29) is 11.4 Å². The van der Waals surface area contributed by atoms with Crippen molar-refractivity contribution in [1.29, 1.82) is 5.41 Å². The fourth-order valence-electron chi connectivity index (χ4n) is 2.40. The van der Waals surface area contributed by atoms with Crippen molar-refractivity contribution in [3.8, 4) is 10.4 Å². The molecule has 0 saturated heterocycles. The molecular formula is C19H22F3N3S. The fraction of sp³-hybridized carbons (Fsp3) is 0.368. The van der Waals surface area contributed by atoms with E-state index in [2.05, 4.69) is 18.0 Å². The minimum atomic E-state index is -4.64. The number of aryl methyl sites for hydroxylation is 1. The molecule has 0 atom stereocenters. The van der Waals surface area contributed by atoms with Gasteiger partial charge >= 0.3 is 6.18 Å². The Morgan fingerprint density at radius 2 is 1.96 bits per heavy atom. The van der Waals surface area contributed by atoms with Crippen molar-refractivity contribution in [2.24, 2.45) is 5.73 Å². The minimum absolute atomic E-state index is 0.150. The van der Waals surface area contributed by atoms with E-state index in [0.717, 1.165) is 16.9 Å². The van der Waals surface area contributed by atoms with Crippen LogP contribution < -0.4 is 5.73 Å². The third-order valence-corrected chi connectivity index (χ3v) is 5.08. The number of halogens is 3. The average molecular weight is 381 g/mol. The second-order valence-electron chi connectivity index (χ2n) is 6.02. The molecule has 26 heavy (non-hydrogen) atoms. The van der Waals surface area contributed by atoms with Crippen LogP contribution in [0.1, 0.15) is 43.2 Å². The van der Waals surface area contributed by atoms with Crippen molar-refractivity contribution in [1.82, 2.24) is 4.98 Å². The number of nitrogens with zero attached hydrogens (tertiary/aromatic N) is 1. The van der Waals surface area contributed by atoms with E-state index in [1.165, 1.54) is 30.6 Å². The molecule has 0 amide bonds. The molecule has 3 nitrogen and oxygen atoms in total. The molecule has 0 radical (unpaired) electrons. The first-order chi connectivity index (χ1) is 12.3. The zero-order valence-corrected chi connectivity index (χ0v) is 15.4. The molecule has 2 aromatic heterocycles. The van der Waals surface area contributed by atoms with Gasteiger partial charge in [0, 0.05) is 21.5 Å². The maximum atomic E-state index is 12.4. The van der Waals surface area contributed by atoms with E-state index in [1.54, 1.807) is 29.7 Å². The van der Waals surface area contributed by atoms with E-state index >= 15 is 0 Å². The van der Waals surface area contributed by atoms with Crippen LogP contribution in [0.5, 0.6) is 0 Å². The Bertz CT molecular complexity index is 761. The van der Waals surface area contributed by atoms with Gasteiger partial charge in [0.05, 0.1) is 11.4 Å². The predicted molar refractivity (Wildman–Crippen MR) is 101 cm³/mol. The molecule has 140 valence electrons. The van der Waals surface area contributed by atoms with Gasteiger partial charge in [0.15, 0.2) is 0 Å². The summed E-state index contributed by atoms with van der Waals surface area (Å²) in [6.45, 7) is 2.19. The number of hydrogen-bond acceptors (Lipinski definition) is 4. The van der Waals surface area contributed by atoms with Crippen LogP contribution >= 0.6 is 11.3 Å². The second-order valence-corrected chi connectivity index (χ2v) is 7.19. The maximum absolute atomic E-state index is 12.4. The molecular weight excluding hydrogens is 359 g/mol. The Balaban J connectivity index is 2.03. The number of nitrogens with one attached hydrogen (secondary N) is 1. The summed E-state index contributed by atoms with van der Waals surface area (Å²) in [4.78, 5) is 6.48. The summed E-state index contributed by atoms with van der Waals surface area (Å²) < 4.78 is 37.3. The van der Waals surface area contributed by atoms with Crippen LogP contribution in [0.3, 0.4) is 0 Å². The molecule has 3 N–H and O–H groups in total. The molecule has 0 aromatic carbocycles. The van der Waals surface area contributed by atoms with Gasteiger partial charge in [0.2, 0.25) is 0 Å². The first-order valence-corrected chi connectivity index (χ1v) is 9.31. The van der Waals surface area contributed by atoms with Gasteiger partial charge in [-0.15, -0.1) is 11.3 Å². The van der Waals surface area contributed by atoms with Gasteiger partial charge in [0.25, 0.3) is 0 Å². The average Bonchev–Trinajstić information content (AvgIpc) is 3.07. The largest absolute Gasteiger partial charge is 0.430 e. The van der Waals surface area contributed by atoms with Gasteiger partial charge in [-0.3, -0.25) is 10.4 Å². The smallest absolute Gasteiger partial charge is 0.395 e. The van der Waals surface area contributed by atoms with Gasteiger partial charge in [-0.2, -0.15) is 13.2 Å². The SMILES string of the molecule is CCCCCCc1ccc(-c2ccc(C(=N)C=C(N)C(F)(F)F)nc2)s1. The molecule has 0 aliphatic heterocycles. The molecule has 2 rings (SSSR count). The normalized spacial score (nSPS) is 12.4. The van der Waals surface area contributed by atoms with Crippen LogP contribution in [-0.2, 0) is 6.42 Å². The van der Waals surface area contributed by atoms with Gasteiger partial charge in [0.1, 0.15) is 5.70 Å². The topological polar surface area (TPSA) is 62.8 Å². The summed E-state index contributed by atoms with van der Waals surface area (Å²) in [5.41, 5.74) is 4.31. The van der Waals surface area contributed by atoms with Crippen molar-refractivity contribution < 1.29 is 13.2 Å². The summed E-state index contributed by atoms with van der Waals surface area (Å²) in [6.07, 6.45) is 3.45. The van der Waals surface area contributed by atoms with Crippen molar-refractivity contribution in [2.75, 3.05) is 0 Å². The fourth-order valence-corrected chi connectivity index (χ4v) is 3.44. The lowest BCUT2D eigenvalue weighted by molar-refractivity contribution is -0.0925. The number of aromatic nitrogens is 1. The van der Waals surface area contributed by atoms with E-state index in [9.17, 15) is 13.2 Å². The molecule has 0 aliphatic carbocycles. The Hall–Kier alpha value is -2.15. The van der Waals surface area contributed by atoms with Crippen LogP contribution in [0.2, 0.25) is 0 Å². The quantitative estimate of drug-likeness (QED) is 0.455. The number of rotatable bonds is 8. The molecule has 0 saturated carbocycles. The zero-order valence-electron chi connectivity index (χ0n) is 14.6. The molecule has 0 unspecified atom stereocenters. The Kier molecular flexibility index (Phi) is 6.97. The third kappa shape index (κ3) is 5.69. The number of alkyl halides is 3. The number of pyridine rings is 1. The van der Waals surface area contributed by atoms with Crippen molar-refractivity contribution in [3.63, 3.8) is 0 Å². The Morgan fingerprint density at radius 1 is 1.19 bits per heavy atom. The standard InChI is InChI=1S/C19H22F3N3S/c1-2-3-4-5-6-14-8-10-17(26-14)13-7-9-16(25-12-13)15(23)11-18(24)19(20,21)22/h7-12,23H,2-6,24H2,1H3. The molecule has 2 aromatic rings. The van der Waals surface area contributed by atoms with Crippen LogP contribution in [0.25, 0.3) is 10.4 Å². The monoisotopic (exact) mass is 381 g/mol. The molecule has 0 aliphatic rings.